The fourth-order valence-electron chi connectivity index (χ4n) is 1.76. The minimum atomic E-state index is 0.196. The highest BCUT2D eigenvalue weighted by Crippen LogP contribution is 2.27. The molecule has 4 nitrogen and oxygen atoms in total. The number of nitrogens with two attached hydrogens (primary N) is 1. The van der Waals surface area contributed by atoms with Gasteiger partial charge >= 0.3 is 0 Å². The number of nitrogens with zero attached hydrogens (tertiary/aromatic N) is 2. The molecule has 0 aliphatic rings. The summed E-state index contributed by atoms with van der Waals surface area (Å²) in [6.07, 6.45) is 3.74. The highest BCUT2D eigenvalue weighted by Gasteiger charge is 2.12. The molecule has 2 aromatic heterocycles. The standard InChI is InChI=1S/C11H15BrN4S/c1-16-9(4-5-14-16)2-3-10(15-13)11-6-8(12)7-17-11/h4-7,10,15H,2-3,13H2,1H3. The molecule has 0 bridgehead atoms. The lowest BCUT2D eigenvalue weighted by atomic mass is 10.1. The Kier molecular flexibility index (Phi) is 4.33. The third-order valence-corrected chi connectivity index (χ3v) is 4.55. The Bertz CT molecular complexity index is 479. The topological polar surface area (TPSA) is 55.9 Å². The lowest BCUT2D eigenvalue weighted by molar-refractivity contribution is 0.514. The molecular weight excluding hydrogens is 300 g/mol. The maximum absolute atomic E-state index is 5.61. The Morgan fingerprint density at radius 2 is 2.47 bits per heavy atom. The van der Waals surface area contributed by atoms with Gasteiger partial charge in [0.1, 0.15) is 0 Å². The summed E-state index contributed by atoms with van der Waals surface area (Å²) >= 11 is 5.17. The minimum Gasteiger partial charge on any atom is -0.273 e. The molecule has 0 saturated carbocycles. The average molecular weight is 315 g/mol. The van der Waals surface area contributed by atoms with Gasteiger partial charge in [-0.3, -0.25) is 16.0 Å². The van der Waals surface area contributed by atoms with Crippen LogP contribution in [0.25, 0.3) is 0 Å². The van der Waals surface area contributed by atoms with E-state index in [2.05, 4.69) is 37.9 Å². The number of aromatic nitrogens is 2. The Morgan fingerprint density at radius 1 is 1.65 bits per heavy atom. The van der Waals surface area contributed by atoms with Crippen LogP contribution in [-0.2, 0) is 13.5 Å². The van der Waals surface area contributed by atoms with Gasteiger partial charge in [0.2, 0.25) is 0 Å². The third kappa shape index (κ3) is 3.16. The van der Waals surface area contributed by atoms with E-state index in [1.807, 2.05) is 24.0 Å². The summed E-state index contributed by atoms with van der Waals surface area (Å²) in [4.78, 5) is 1.25. The molecule has 2 rings (SSSR count). The Hall–Kier alpha value is -0.690. The van der Waals surface area contributed by atoms with E-state index in [0.29, 0.717) is 0 Å². The molecule has 0 saturated heterocycles. The van der Waals surface area contributed by atoms with Crippen LogP contribution in [0.2, 0.25) is 0 Å². The van der Waals surface area contributed by atoms with Crippen molar-refractivity contribution in [3.05, 3.63) is 38.8 Å². The van der Waals surface area contributed by atoms with E-state index in [0.717, 1.165) is 17.3 Å². The van der Waals surface area contributed by atoms with Gasteiger partial charge in [0.05, 0.1) is 6.04 Å². The molecule has 0 fully saturated rings. The highest BCUT2D eigenvalue weighted by molar-refractivity contribution is 9.10. The average Bonchev–Trinajstić information content (AvgIpc) is 2.90. The number of nitrogens with one attached hydrogen (secondary N) is 1. The summed E-state index contributed by atoms with van der Waals surface area (Å²) in [5.41, 5.74) is 4.10. The first kappa shape index (κ1) is 12.8. The summed E-state index contributed by atoms with van der Waals surface area (Å²) < 4.78 is 3.01. The summed E-state index contributed by atoms with van der Waals surface area (Å²) in [6.45, 7) is 0. The van der Waals surface area contributed by atoms with Crippen molar-refractivity contribution in [3.63, 3.8) is 0 Å². The SMILES string of the molecule is Cn1nccc1CCC(NN)c1cc(Br)cs1. The van der Waals surface area contributed by atoms with Crippen molar-refractivity contribution >= 4 is 27.3 Å². The molecule has 3 N–H and O–H groups in total. The molecule has 92 valence electrons. The zero-order valence-electron chi connectivity index (χ0n) is 9.56. The molecule has 0 aliphatic carbocycles. The zero-order chi connectivity index (χ0) is 12.3. The van der Waals surface area contributed by atoms with E-state index < -0.39 is 0 Å². The fourth-order valence-corrected chi connectivity index (χ4v) is 3.30. The maximum Gasteiger partial charge on any atom is 0.0557 e. The number of thiophene rings is 1. The van der Waals surface area contributed by atoms with Gasteiger partial charge in [0, 0.05) is 33.7 Å². The van der Waals surface area contributed by atoms with Crippen LogP contribution in [0.5, 0.6) is 0 Å². The third-order valence-electron chi connectivity index (χ3n) is 2.74. The molecular formula is C11H15BrN4S. The Labute approximate surface area is 113 Å². The molecule has 0 aliphatic heterocycles. The van der Waals surface area contributed by atoms with Crippen molar-refractivity contribution in [2.45, 2.75) is 18.9 Å². The molecule has 17 heavy (non-hydrogen) atoms. The van der Waals surface area contributed by atoms with Crippen molar-refractivity contribution in [2.24, 2.45) is 12.9 Å². The minimum absolute atomic E-state index is 0.196. The van der Waals surface area contributed by atoms with E-state index in [1.165, 1.54) is 10.6 Å². The van der Waals surface area contributed by atoms with Crippen molar-refractivity contribution in [3.8, 4) is 0 Å². The first-order valence-electron chi connectivity index (χ1n) is 5.37. The van der Waals surface area contributed by atoms with Gasteiger partial charge in [0.15, 0.2) is 0 Å². The largest absolute Gasteiger partial charge is 0.273 e. The molecule has 0 spiro atoms. The molecule has 0 amide bonds. The van der Waals surface area contributed by atoms with Crippen LogP contribution in [0.3, 0.4) is 0 Å². The van der Waals surface area contributed by atoms with Crippen LogP contribution in [0.1, 0.15) is 23.0 Å². The number of aryl methyl sites for hydroxylation is 2. The summed E-state index contributed by atoms with van der Waals surface area (Å²) in [5.74, 6) is 5.61. The first-order valence-corrected chi connectivity index (χ1v) is 7.05. The molecule has 2 aromatic rings. The number of hydrogen-bond acceptors (Lipinski definition) is 4. The van der Waals surface area contributed by atoms with Crippen molar-refractivity contribution in [1.82, 2.24) is 15.2 Å². The second-order valence-corrected chi connectivity index (χ2v) is 5.73. The number of halogens is 1. The highest BCUT2D eigenvalue weighted by atomic mass is 79.9. The van der Waals surface area contributed by atoms with Crippen LogP contribution in [0.15, 0.2) is 28.2 Å². The van der Waals surface area contributed by atoms with Crippen molar-refractivity contribution in [2.75, 3.05) is 0 Å². The van der Waals surface area contributed by atoms with Gasteiger partial charge < -0.3 is 0 Å². The van der Waals surface area contributed by atoms with Crippen LogP contribution >= 0.6 is 27.3 Å². The first-order chi connectivity index (χ1) is 8.20. The number of hydrogen-bond donors (Lipinski definition) is 2. The van der Waals surface area contributed by atoms with E-state index >= 15 is 0 Å². The monoisotopic (exact) mass is 314 g/mol. The van der Waals surface area contributed by atoms with Crippen molar-refractivity contribution in [1.29, 1.82) is 0 Å². The molecule has 6 heteroatoms. The summed E-state index contributed by atoms with van der Waals surface area (Å²) in [5, 5.41) is 6.23. The van der Waals surface area contributed by atoms with Crippen LogP contribution in [0.4, 0.5) is 0 Å². The van der Waals surface area contributed by atoms with E-state index in [1.54, 1.807) is 11.3 Å². The van der Waals surface area contributed by atoms with Gasteiger partial charge in [-0.2, -0.15) is 5.10 Å². The van der Waals surface area contributed by atoms with Gasteiger partial charge in [-0.15, -0.1) is 11.3 Å². The fraction of sp³-hybridized carbons (Fsp3) is 0.364. The smallest absolute Gasteiger partial charge is 0.0557 e. The molecule has 2 heterocycles. The number of rotatable bonds is 5. The number of hydrazine groups is 1. The van der Waals surface area contributed by atoms with Gasteiger partial charge in [-0.1, -0.05) is 0 Å². The lowest BCUT2D eigenvalue weighted by Crippen LogP contribution is -2.27. The zero-order valence-corrected chi connectivity index (χ0v) is 12.0. The van der Waals surface area contributed by atoms with Crippen molar-refractivity contribution < 1.29 is 0 Å². The van der Waals surface area contributed by atoms with Crippen LogP contribution < -0.4 is 11.3 Å². The Balaban J connectivity index is 1.99. The summed E-state index contributed by atoms with van der Waals surface area (Å²) in [7, 11) is 1.96. The lowest BCUT2D eigenvalue weighted by Gasteiger charge is -2.13. The predicted octanol–water partition coefficient (Wildman–Crippen LogP) is 2.38. The second-order valence-electron chi connectivity index (χ2n) is 3.87. The second kappa shape index (κ2) is 5.77. The van der Waals surface area contributed by atoms with Gasteiger partial charge in [-0.25, -0.2) is 0 Å². The van der Waals surface area contributed by atoms with E-state index in [4.69, 9.17) is 5.84 Å². The molecule has 0 radical (unpaired) electrons. The van der Waals surface area contributed by atoms with Gasteiger partial charge in [0.25, 0.3) is 0 Å². The molecule has 1 atom stereocenters. The van der Waals surface area contributed by atoms with E-state index in [9.17, 15) is 0 Å². The normalized spacial score (nSPS) is 12.9. The quantitative estimate of drug-likeness (QED) is 0.658. The van der Waals surface area contributed by atoms with Crippen LogP contribution in [0, 0.1) is 0 Å². The van der Waals surface area contributed by atoms with E-state index in [-0.39, 0.29) is 6.04 Å². The maximum atomic E-state index is 5.61. The van der Waals surface area contributed by atoms with Gasteiger partial charge in [-0.05, 0) is 40.9 Å². The Morgan fingerprint density at radius 3 is 3.00 bits per heavy atom. The van der Waals surface area contributed by atoms with Crippen LogP contribution in [-0.4, -0.2) is 9.78 Å². The molecule has 1 unspecified atom stereocenters. The predicted molar refractivity (Wildman–Crippen MR) is 73.6 cm³/mol. The summed E-state index contributed by atoms with van der Waals surface area (Å²) in [6, 6.07) is 4.34. The molecule has 0 aromatic carbocycles.